The van der Waals surface area contributed by atoms with Gasteiger partial charge in [0.25, 0.3) is 0 Å². The fourth-order valence-corrected chi connectivity index (χ4v) is 3.27. The summed E-state index contributed by atoms with van der Waals surface area (Å²) in [6, 6.07) is 7.12. The molecule has 0 radical (unpaired) electrons. The molecule has 0 saturated heterocycles. The summed E-state index contributed by atoms with van der Waals surface area (Å²) in [6.45, 7) is 1.25. The fourth-order valence-electron chi connectivity index (χ4n) is 3.27. The maximum absolute atomic E-state index is 13.1. The first-order chi connectivity index (χ1) is 9.76. The number of nitrogens with two attached hydrogens (primary N) is 1. The van der Waals surface area contributed by atoms with Gasteiger partial charge >= 0.3 is 0 Å². The number of rotatable bonds is 6. The van der Waals surface area contributed by atoms with E-state index in [0.717, 1.165) is 18.4 Å². The molecule has 3 N–H and O–H groups in total. The van der Waals surface area contributed by atoms with Crippen LogP contribution < -0.4 is 5.73 Å². The van der Waals surface area contributed by atoms with E-state index in [-0.39, 0.29) is 18.5 Å². The van der Waals surface area contributed by atoms with Gasteiger partial charge in [0.2, 0.25) is 0 Å². The predicted molar refractivity (Wildman–Crippen MR) is 78.9 cm³/mol. The molecule has 3 nitrogen and oxygen atoms in total. The molecule has 1 unspecified atom stereocenters. The van der Waals surface area contributed by atoms with Crippen LogP contribution in [0.15, 0.2) is 24.3 Å². The molecule has 0 spiro atoms. The lowest BCUT2D eigenvalue weighted by atomic mass is 9.92. The molecule has 112 valence electrons. The van der Waals surface area contributed by atoms with Gasteiger partial charge < -0.3 is 10.8 Å². The van der Waals surface area contributed by atoms with E-state index in [0.29, 0.717) is 19.1 Å². The minimum Gasteiger partial charge on any atom is -0.395 e. The van der Waals surface area contributed by atoms with Gasteiger partial charge in [0, 0.05) is 25.2 Å². The minimum absolute atomic E-state index is 0.0610. The summed E-state index contributed by atoms with van der Waals surface area (Å²) < 4.78 is 13.1. The molecule has 0 amide bonds. The Hall–Kier alpha value is -0.970. The number of halogens is 1. The Labute approximate surface area is 120 Å². The Kier molecular flexibility index (Phi) is 5.95. The first-order valence-electron chi connectivity index (χ1n) is 7.58. The van der Waals surface area contributed by atoms with Crippen molar-refractivity contribution in [2.24, 2.45) is 5.73 Å². The summed E-state index contributed by atoms with van der Waals surface area (Å²) in [5.74, 6) is -0.226. The number of nitrogens with zero attached hydrogens (tertiary/aromatic N) is 1. The van der Waals surface area contributed by atoms with Gasteiger partial charge in [-0.15, -0.1) is 0 Å². The Morgan fingerprint density at radius 2 is 1.85 bits per heavy atom. The van der Waals surface area contributed by atoms with Crippen LogP contribution in [0.25, 0.3) is 0 Å². The SMILES string of the molecule is NCC(c1ccc(F)cc1)N(CCO)C1CCCCC1. The molecule has 0 bridgehead atoms. The van der Waals surface area contributed by atoms with E-state index >= 15 is 0 Å². The van der Waals surface area contributed by atoms with Crippen molar-refractivity contribution in [3.8, 4) is 0 Å². The van der Waals surface area contributed by atoms with Gasteiger partial charge in [-0.2, -0.15) is 0 Å². The molecule has 2 rings (SSSR count). The second kappa shape index (κ2) is 7.72. The van der Waals surface area contributed by atoms with E-state index in [1.165, 1.54) is 31.4 Å². The molecule has 1 saturated carbocycles. The van der Waals surface area contributed by atoms with Crippen molar-refractivity contribution < 1.29 is 9.50 Å². The van der Waals surface area contributed by atoms with Crippen LogP contribution in [0.1, 0.15) is 43.7 Å². The summed E-state index contributed by atoms with van der Waals surface area (Å²) in [6.07, 6.45) is 6.11. The van der Waals surface area contributed by atoms with Crippen LogP contribution in [-0.2, 0) is 0 Å². The third-order valence-corrected chi connectivity index (χ3v) is 4.28. The lowest BCUT2D eigenvalue weighted by Crippen LogP contribution is -2.44. The fraction of sp³-hybridized carbons (Fsp3) is 0.625. The third kappa shape index (κ3) is 3.78. The zero-order valence-corrected chi connectivity index (χ0v) is 12.0. The monoisotopic (exact) mass is 280 g/mol. The van der Waals surface area contributed by atoms with Crippen LogP contribution in [0.5, 0.6) is 0 Å². The normalized spacial score (nSPS) is 18.4. The molecule has 1 atom stereocenters. The molecule has 20 heavy (non-hydrogen) atoms. The number of aliphatic hydroxyl groups is 1. The predicted octanol–water partition coefficient (Wildman–Crippen LogP) is 2.45. The molecule has 0 heterocycles. The number of benzene rings is 1. The molecule has 4 heteroatoms. The second-order valence-electron chi connectivity index (χ2n) is 5.56. The molecule has 1 fully saturated rings. The van der Waals surface area contributed by atoms with Crippen LogP contribution in [0.4, 0.5) is 4.39 Å². The zero-order chi connectivity index (χ0) is 14.4. The average molecular weight is 280 g/mol. The van der Waals surface area contributed by atoms with Gasteiger partial charge in [-0.25, -0.2) is 4.39 Å². The number of aliphatic hydroxyl groups excluding tert-OH is 1. The zero-order valence-electron chi connectivity index (χ0n) is 12.0. The highest BCUT2D eigenvalue weighted by Gasteiger charge is 2.27. The van der Waals surface area contributed by atoms with E-state index in [1.54, 1.807) is 12.1 Å². The lowest BCUT2D eigenvalue weighted by Gasteiger charge is -2.39. The van der Waals surface area contributed by atoms with Crippen molar-refractivity contribution in [2.45, 2.75) is 44.2 Å². The largest absolute Gasteiger partial charge is 0.395 e. The summed E-state index contributed by atoms with van der Waals surface area (Å²) >= 11 is 0. The quantitative estimate of drug-likeness (QED) is 0.841. The highest BCUT2D eigenvalue weighted by atomic mass is 19.1. The lowest BCUT2D eigenvalue weighted by molar-refractivity contribution is 0.0829. The summed E-state index contributed by atoms with van der Waals surface area (Å²) in [5.41, 5.74) is 7.00. The average Bonchev–Trinajstić information content (AvgIpc) is 2.50. The van der Waals surface area contributed by atoms with Crippen molar-refractivity contribution >= 4 is 0 Å². The minimum atomic E-state index is -0.226. The number of hydrogen-bond donors (Lipinski definition) is 2. The molecule has 1 aromatic rings. The maximum atomic E-state index is 13.1. The molecular formula is C16H25FN2O. The highest BCUT2D eigenvalue weighted by Crippen LogP contribution is 2.29. The first-order valence-corrected chi connectivity index (χ1v) is 7.58. The van der Waals surface area contributed by atoms with Crippen LogP contribution in [0.3, 0.4) is 0 Å². The molecular weight excluding hydrogens is 255 g/mol. The Morgan fingerprint density at radius 3 is 2.40 bits per heavy atom. The van der Waals surface area contributed by atoms with Crippen molar-refractivity contribution in [1.29, 1.82) is 0 Å². The van der Waals surface area contributed by atoms with E-state index < -0.39 is 0 Å². The van der Waals surface area contributed by atoms with Gasteiger partial charge in [-0.05, 0) is 30.5 Å². The highest BCUT2D eigenvalue weighted by molar-refractivity contribution is 5.20. The van der Waals surface area contributed by atoms with Crippen LogP contribution in [-0.4, -0.2) is 35.7 Å². The maximum Gasteiger partial charge on any atom is 0.123 e. The molecule has 0 aromatic heterocycles. The molecule has 1 aromatic carbocycles. The Bertz CT molecular complexity index is 390. The van der Waals surface area contributed by atoms with E-state index in [1.807, 2.05) is 0 Å². The van der Waals surface area contributed by atoms with E-state index in [4.69, 9.17) is 5.73 Å². The molecule has 1 aliphatic carbocycles. The standard InChI is InChI=1S/C16H25FN2O/c17-14-8-6-13(7-9-14)16(12-18)19(10-11-20)15-4-2-1-3-5-15/h6-9,15-16,20H,1-5,10-12,18H2. The Balaban J connectivity index is 2.17. The summed E-state index contributed by atoms with van der Waals surface area (Å²) in [7, 11) is 0. The third-order valence-electron chi connectivity index (χ3n) is 4.28. The smallest absolute Gasteiger partial charge is 0.123 e. The first kappa shape index (κ1) is 15.4. The van der Waals surface area contributed by atoms with Crippen molar-refractivity contribution in [2.75, 3.05) is 19.7 Å². The van der Waals surface area contributed by atoms with Gasteiger partial charge in [0.1, 0.15) is 5.82 Å². The van der Waals surface area contributed by atoms with Crippen molar-refractivity contribution in [1.82, 2.24) is 4.90 Å². The van der Waals surface area contributed by atoms with Crippen LogP contribution in [0.2, 0.25) is 0 Å². The summed E-state index contributed by atoms with van der Waals surface area (Å²) in [4.78, 5) is 2.31. The van der Waals surface area contributed by atoms with E-state index in [2.05, 4.69) is 4.90 Å². The molecule has 0 aliphatic heterocycles. The topological polar surface area (TPSA) is 49.5 Å². The number of hydrogen-bond acceptors (Lipinski definition) is 3. The Morgan fingerprint density at radius 1 is 1.20 bits per heavy atom. The molecule has 1 aliphatic rings. The van der Waals surface area contributed by atoms with Gasteiger partial charge in [-0.1, -0.05) is 31.4 Å². The van der Waals surface area contributed by atoms with Crippen LogP contribution >= 0.6 is 0 Å². The summed E-state index contributed by atoms with van der Waals surface area (Å²) in [5, 5.41) is 9.36. The van der Waals surface area contributed by atoms with Gasteiger partial charge in [0.05, 0.1) is 6.61 Å². The van der Waals surface area contributed by atoms with Crippen LogP contribution in [0, 0.1) is 5.82 Å². The van der Waals surface area contributed by atoms with Gasteiger partial charge in [0.15, 0.2) is 0 Å². The van der Waals surface area contributed by atoms with E-state index in [9.17, 15) is 9.50 Å². The van der Waals surface area contributed by atoms with Gasteiger partial charge in [-0.3, -0.25) is 4.90 Å². The van der Waals surface area contributed by atoms with Crippen molar-refractivity contribution in [3.05, 3.63) is 35.6 Å². The second-order valence-corrected chi connectivity index (χ2v) is 5.56. The van der Waals surface area contributed by atoms with Crippen molar-refractivity contribution in [3.63, 3.8) is 0 Å².